The molecule has 3 aromatic rings. The third-order valence-corrected chi connectivity index (χ3v) is 6.24. The van der Waals surface area contributed by atoms with E-state index in [1.165, 1.54) is 13.3 Å². The van der Waals surface area contributed by atoms with Crippen molar-refractivity contribution < 1.29 is 28.6 Å². The third-order valence-electron chi connectivity index (χ3n) is 5.65. The number of hydrazone groups is 1. The van der Waals surface area contributed by atoms with Gasteiger partial charge < -0.3 is 24.8 Å². The standard InChI is InChI=1S/C29H31BrN4O6/c1-5-13-39-22-11-9-21(10-12-22)32-28(36)29(37)34-31-16-20-14-23(30)27(25(15-20)38-4)40-17-26(35)33-24-8-6-7-18(2)19(24)3/h6-12,14-16H,5,13,17H2,1-4H3,(H,32,36)(H,33,35)(H,34,37)/b31-16-. The summed E-state index contributed by atoms with van der Waals surface area (Å²) in [6.45, 7) is 6.26. The molecule has 0 unspecified atom stereocenters. The first-order chi connectivity index (χ1) is 19.2. The average Bonchev–Trinajstić information content (AvgIpc) is 2.94. The number of benzene rings is 3. The number of carbonyl (C=O) groups excluding carboxylic acids is 3. The molecule has 0 saturated heterocycles. The summed E-state index contributed by atoms with van der Waals surface area (Å²) >= 11 is 3.42. The lowest BCUT2D eigenvalue weighted by molar-refractivity contribution is -0.136. The van der Waals surface area contributed by atoms with Gasteiger partial charge in [-0.3, -0.25) is 14.4 Å². The van der Waals surface area contributed by atoms with E-state index >= 15 is 0 Å². The predicted octanol–water partition coefficient (Wildman–Crippen LogP) is 4.97. The van der Waals surface area contributed by atoms with Gasteiger partial charge >= 0.3 is 11.8 Å². The van der Waals surface area contributed by atoms with Crippen LogP contribution in [0.3, 0.4) is 0 Å². The first-order valence-electron chi connectivity index (χ1n) is 12.5. The highest BCUT2D eigenvalue weighted by Crippen LogP contribution is 2.36. The molecule has 210 valence electrons. The van der Waals surface area contributed by atoms with Crippen molar-refractivity contribution in [1.29, 1.82) is 0 Å². The Labute approximate surface area is 241 Å². The Hall–Kier alpha value is -4.38. The van der Waals surface area contributed by atoms with Gasteiger partial charge in [0.05, 0.1) is 24.4 Å². The average molecular weight is 611 g/mol. The van der Waals surface area contributed by atoms with Gasteiger partial charge in [0, 0.05) is 11.4 Å². The lowest BCUT2D eigenvalue weighted by Crippen LogP contribution is -2.32. The molecule has 3 rings (SSSR count). The lowest BCUT2D eigenvalue weighted by Gasteiger charge is -2.14. The molecule has 3 N–H and O–H groups in total. The molecule has 3 amide bonds. The fourth-order valence-corrected chi connectivity index (χ4v) is 4.00. The summed E-state index contributed by atoms with van der Waals surface area (Å²) in [5.74, 6) is -0.803. The van der Waals surface area contributed by atoms with Crippen LogP contribution in [0.2, 0.25) is 0 Å². The maximum Gasteiger partial charge on any atom is 0.329 e. The number of aryl methyl sites for hydroxylation is 1. The number of nitrogens with zero attached hydrogens (tertiary/aromatic N) is 1. The van der Waals surface area contributed by atoms with Crippen LogP contribution in [0.25, 0.3) is 0 Å². The quantitative estimate of drug-likeness (QED) is 0.160. The van der Waals surface area contributed by atoms with Gasteiger partial charge in [-0.25, -0.2) is 5.43 Å². The first-order valence-corrected chi connectivity index (χ1v) is 13.2. The molecule has 0 aliphatic heterocycles. The molecule has 0 spiro atoms. The zero-order chi connectivity index (χ0) is 29.1. The van der Waals surface area contributed by atoms with Crippen molar-refractivity contribution in [3.8, 4) is 17.2 Å². The van der Waals surface area contributed by atoms with Gasteiger partial charge in [-0.15, -0.1) is 0 Å². The van der Waals surface area contributed by atoms with E-state index < -0.39 is 11.8 Å². The summed E-state index contributed by atoms with van der Waals surface area (Å²) in [5.41, 5.74) is 5.94. The van der Waals surface area contributed by atoms with Crippen molar-refractivity contribution in [2.45, 2.75) is 27.2 Å². The monoisotopic (exact) mass is 610 g/mol. The first kappa shape index (κ1) is 30.2. The number of ether oxygens (including phenoxy) is 3. The SMILES string of the molecule is CCCOc1ccc(NC(=O)C(=O)N/N=C\c2cc(Br)c(OCC(=O)Nc3cccc(C)c3C)c(OC)c2)cc1. The van der Waals surface area contributed by atoms with E-state index in [2.05, 4.69) is 37.1 Å². The number of rotatable bonds is 11. The maximum absolute atomic E-state index is 12.5. The Morgan fingerprint density at radius 2 is 1.73 bits per heavy atom. The summed E-state index contributed by atoms with van der Waals surface area (Å²) in [6, 6.07) is 15.6. The molecular formula is C29H31BrN4O6. The molecule has 40 heavy (non-hydrogen) atoms. The van der Waals surface area contributed by atoms with Gasteiger partial charge in [-0.2, -0.15) is 5.10 Å². The normalized spacial score (nSPS) is 10.6. The van der Waals surface area contributed by atoms with Gasteiger partial charge in [-0.1, -0.05) is 19.1 Å². The summed E-state index contributed by atoms with van der Waals surface area (Å²) in [7, 11) is 1.46. The number of anilines is 2. The van der Waals surface area contributed by atoms with Gasteiger partial charge in [0.1, 0.15) is 5.75 Å². The lowest BCUT2D eigenvalue weighted by atomic mass is 10.1. The number of hydrogen-bond donors (Lipinski definition) is 3. The zero-order valence-electron chi connectivity index (χ0n) is 22.7. The highest BCUT2D eigenvalue weighted by atomic mass is 79.9. The van der Waals surface area contributed by atoms with E-state index in [-0.39, 0.29) is 12.5 Å². The molecule has 10 nitrogen and oxygen atoms in total. The molecule has 11 heteroatoms. The highest BCUT2D eigenvalue weighted by molar-refractivity contribution is 9.10. The van der Waals surface area contributed by atoms with Crippen LogP contribution in [0, 0.1) is 13.8 Å². The Morgan fingerprint density at radius 3 is 2.42 bits per heavy atom. The Bertz CT molecular complexity index is 1390. The Balaban J connectivity index is 1.55. The second kappa shape index (κ2) is 14.7. The van der Waals surface area contributed by atoms with Crippen molar-refractivity contribution >= 4 is 51.2 Å². The van der Waals surface area contributed by atoms with Gasteiger partial charge in [-0.05, 0) is 95.4 Å². The molecule has 3 aromatic carbocycles. The molecule has 0 saturated carbocycles. The molecule has 0 aromatic heterocycles. The van der Waals surface area contributed by atoms with Crippen LogP contribution in [-0.2, 0) is 14.4 Å². The number of carbonyl (C=O) groups is 3. The summed E-state index contributed by atoms with van der Waals surface area (Å²) in [5, 5.41) is 9.19. The van der Waals surface area contributed by atoms with E-state index in [1.54, 1.807) is 36.4 Å². The minimum atomic E-state index is -0.941. The summed E-state index contributed by atoms with van der Waals surface area (Å²) in [6.07, 6.45) is 2.23. The van der Waals surface area contributed by atoms with E-state index in [1.807, 2.05) is 39.0 Å². The van der Waals surface area contributed by atoms with E-state index in [0.717, 1.165) is 23.2 Å². The number of methoxy groups -OCH3 is 1. The second-order valence-electron chi connectivity index (χ2n) is 8.64. The molecule has 0 aliphatic rings. The number of halogens is 1. The molecular weight excluding hydrogens is 580 g/mol. The van der Waals surface area contributed by atoms with Crippen LogP contribution in [-0.4, -0.2) is 44.3 Å². The topological polar surface area (TPSA) is 127 Å². The largest absolute Gasteiger partial charge is 0.494 e. The second-order valence-corrected chi connectivity index (χ2v) is 9.50. The van der Waals surface area contributed by atoms with E-state index in [4.69, 9.17) is 14.2 Å². The minimum Gasteiger partial charge on any atom is -0.494 e. The van der Waals surface area contributed by atoms with Crippen LogP contribution in [0.15, 0.2) is 64.2 Å². The number of nitrogens with one attached hydrogen (secondary N) is 3. The Morgan fingerprint density at radius 1 is 0.975 bits per heavy atom. The maximum atomic E-state index is 12.5. The van der Waals surface area contributed by atoms with Crippen molar-refractivity contribution in [1.82, 2.24) is 5.43 Å². The fraction of sp³-hybridized carbons (Fsp3) is 0.241. The van der Waals surface area contributed by atoms with Crippen molar-refractivity contribution in [3.05, 3.63) is 75.8 Å². The minimum absolute atomic E-state index is 0.241. The Kier molecular flexibility index (Phi) is 11.1. The molecule has 0 bridgehead atoms. The van der Waals surface area contributed by atoms with Crippen LogP contribution in [0.5, 0.6) is 17.2 Å². The molecule has 0 radical (unpaired) electrons. The molecule has 0 fully saturated rings. The summed E-state index contributed by atoms with van der Waals surface area (Å²) in [4.78, 5) is 36.8. The fourth-order valence-electron chi connectivity index (χ4n) is 3.42. The van der Waals surface area contributed by atoms with Crippen molar-refractivity contribution in [2.24, 2.45) is 5.10 Å². The molecule has 0 heterocycles. The van der Waals surface area contributed by atoms with Crippen LogP contribution >= 0.6 is 15.9 Å². The molecule has 0 atom stereocenters. The van der Waals surface area contributed by atoms with Gasteiger partial charge in [0.25, 0.3) is 5.91 Å². The van der Waals surface area contributed by atoms with E-state index in [0.29, 0.717) is 39.6 Å². The van der Waals surface area contributed by atoms with Crippen LogP contribution in [0.1, 0.15) is 30.0 Å². The third kappa shape index (κ3) is 8.57. The van der Waals surface area contributed by atoms with Crippen LogP contribution in [0.4, 0.5) is 11.4 Å². The number of amides is 3. The number of hydrogen-bond acceptors (Lipinski definition) is 7. The highest BCUT2D eigenvalue weighted by Gasteiger charge is 2.15. The van der Waals surface area contributed by atoms with Crippen molar-refractivity contribution in [2.75, 3.05) is 31.0 Å². The summed E-state index contributed by atoms with van der Waals surface area (Å²) < 4.78 is 17.1. The predicted molar refractivity (Wildman–Crippen MR) is 157 cm³/mol. The smallest absolute Gasteiger partial charge is 0.329 e. The van der Waals surface area contributed by atoms with E-state index in [9.17, 15) is 14.4 Å². The van der Waals surface area contributed by atoms with Crippen LogP contribution < -0.4 is 30.3 Å². The zero-order valence-corrected chi connectivity index (χ0v) is 24.3. The molecule has 0 aliphatic carbocycles. The van der Waals surface area contributed by atoms with Gasteiger partial charge in [0.15, 0.2) is 18.1 Å². The van der Waals surface area contributed by atoms with Crippen molar-refractivity contribution in [3.63, 3.8) is 0 Å². The van der Waals surface area contributed by atoms with Gasteiger partial charge in [0.2, 0.25) is 0 Å².